The molecule has 0 spiro atoms. The van der Waals surface area contributed by atoms with Gasteiger partial charge in [0.05, 0.1) is 11.9 Å². The van der Waals surface area contributed by atoms with Gasteiger partial charge in [0.25, 0.3) is 0 Å². The number of halogens is 1. The highest BCUT2D eigenvalue weighted by atomic mass is 35.5. The predicted molar refractivity (Wildman–Crippen MR) is 73.4 cm³/mol. The first-order valence-corrected chi connectivity index (χ1v) is 6.67. The van der Waals surface area contributed by atoms with Gasteiger partial charge in [0.15, 0.2) is 5.82 Å². The Morgan fingerprint density at radius 2 is 2.35 bits per heavy atom. The van der Waals surface area contributed by atoms with Crippen LogP contribution in [0.15, 0.2) is 23.0 Å². The van der Waals surface area contributed by atoms with E-state index in [1.54, 1.807) is 17.5 Å². The molecule has 90 valence electrons. The van der Waals surface area contributed by atoms with E-state index in [0.717, 1.165) is 18.7 Å². The molecular formula is C11H13ClN4S. The fourth-order valence-electron chi connectivity index (χ4n) is 1.25. The zero-order valence-corrected chi connectivity index (χ0v) is 11.0. The van der Waals surface area contributed by atoms with Gasteiger partial charge >= 0.3 is 0 Å². The summed E-state index contributed by atoms with van der Waals surface area (Å²) in [4.78, 5) is 8.44. The summed E-state index contributed by atoms with van der Waals surface area (Å²) < 4.78 is 0. The number of aromatic nitrogens is 2. The van der Waals surface area contributed by atoms with Crippen LogP contribution < -0.4 is 10.6 Å². The number of rotatable bonds is 5. The van der Waals surface area contributed by atoms with Crippen LogP contribution >= 0.6 is 22.9 Å². The summed E-state index contributed by atoms with van der Waals surface area (Å²) in [6, 6.07) is 1.97. The van der Waals surface area contributed by atoms with Crippen molar-refractivity contribution in [2.24, 2.45) is 0 Å². The molecule has 0 aromatic carbocycles. The Balaban J connectivity index is 2.14. The van der Waals surface area contributed by atoms with Crippen LogP contribution in [0.25, 0.3) is 0 Å². The Kier molecular flexibility index (Phi) is 4.17. The molecule has 0 unspecified atom stereocenters. The van der Waals surface area contributed by atoms with E-state index in [2.05, 4.69) is 27.5 Å². The minimum absolute atomic E-state index is 0.512. The normalized spacial score (nSPS) is 10.2. The van der Waals surface area contributed by atoms with Gasteiger partial charge in [0.2, 0.25) is 5.95 Å². The van der Waals surface area contributed by atoms with Crippen LogP contribution in [-0.4, -0.2) is 16.5 Å². The number of thiophene rings is 1. The first-order chi connectivity index (χ1) is 8.29. The lowest BCUT2D eigenvalue weighted by atomic mass is 10.4. The molecule has 2 N–H and O–H groups in total. The predicted octanol–water partition coefficient (Wildman–Crippen LogP) is 3.76. The molecule has 4 nitrogen and oxygen atoms in total. The van der Waals surface area contributed by atoms with Gasteiger partial charge in [0.1, 0.15) is 5.02 Å². The standard InChI is InChI=1S/C11H13ClN4S/c1-2-4-13-11-14-6-9(12)10(16-11)15-8-3-5-17-7-8/h3,5-7H,2,4H2,1H3,(H2,13,14,15,16). The Hall–Kier alpha value is -1.33. The van der Waals surface area contributed by atoms with Crippen molar-refractivity contribution >= 4 is 40.4 Å². The molecule has 0 saturated heterocycles. The molecule has 0 aliphatic carbocycles. The van der Waals surface area contributed by atoms with Crippen molar-refractivity contribution < 1.29 is 0 Å². The van der Waals surface area contributed by atoms with Gasteiger partial charge in [0, 0.05) is 11.9 Å². The van der Waals surface area contributed by atoms with Crippen molar-refractivity contribution in [2.45, 2.75) is 13.3 Å². The van der Waals surface area contributed by atoms with Gasteiger partial charge in [-0.3, -0.25) is 0 Å². The fourth-order valence-corrected chi connectivity index (χ4v) is 1.98. The number of anilines is 3. The maximum atomic E-state index is 6.04. The third-order valence-electron chi connectivity index (χ3n) is 2.06. The Morgan fingerprint density at radius 3 is 3.06 bits per heavy atom. The molecule has 2 aromatic rings. The molecule has 0 aliphatic heterocycles. The average Bonchev–Trinajstić information content (AvgIpc) is 2.83. The highest BCUT2D eigenvalue weighted by Crippen LogP contribution is 2.24. The Morgan fingerprint density at radius 1 is 1.47 bits per heavy atom. The molecule has 0 aliphatic rings. The molecule has 2 rings (SSSR count). The van der Waals surface area contributed by atoms with Crippen molar-refractivity contribution in [2.75, 3.05) is 17.2 Å². The van der Waals surface area contributed by atoms with E-state index in [4.69, 9.17) is 11.6 Å². The summed E-state index contributed by atoms with van der Waals surface area (Å²) in [5.41, 5.74) is 0.983. The maximum Gasteiger partial charge on any atom is 0.224 e. The second-order valence-corrected chi connectivity index (χ2v) is 4.64. The van der Waals surface area contributed by atoms with Gasteiger partial charge in [-0.2, -0.15) is 16.3 Å². The first kappa shape index (κ1) is 12.1. The van der Waals surface area contributed by atoms with Gasteiger partial charge < -0.3 is 10.6 Å². The molecular weight excluding hydrogens is 256 g/mol. The zero-order valence-electron chi connectivity index (χ0n) is 9.40. The van der Waals surface area contributed by atoms with E-state index in [1.807, 2.05) is 16.8 Å². The molecule has 0 saturated carbocycles. The van der Waals surface area contributed by atoms with Crippen LogP contribution in [0.5, 0.6) is 0 Å². The highest BCUT2D eigenvalue weighted by Gasteiger charge is 2.05. The summed E-state index contributed by atoms with van der Waals surface area (Å²) >= 11 is 7.65. The molecule has 6 heteroatoms. The first-order valence-electron chi connectivity index (χ1n) is 5.35. The number of hydrogen-bond acceptors (Lipinski definition) is 5. The quantitative estimate of drug-likeness (QED) is 0.867. The largest absolute Gasteiger partial charge is 0.354 e. The average molecular weight is 269 g/mol. The van der Waals surface area contributed by atoms with Crippen molar-refractivity contribution in [1.29, 1.82) is 0 Å². The molecule has 0 fully saturated rings. The van der Waals surface area contributed by atoms with Crippen LogP contribution in [0, 0.1) is 0 Å². The van der Waals surface area contributed by atoms with Crippen LogP contribution in [0.4, 0.5) is 17.5 Å². The lowest BCUT2D eigenvalue weighted by Crippen LogP contribution is -2.05. The van der Waals surface area contributed by atoms with Crippen molar-refractivity contribution in [3.8, 4) is 0 Å². The number of nitrogens with one attached hydrogen (secondary N) is 2. The minimum atomic E-state index is 0.512. The lowest BCUT2D eigenvalue weighted by molar-refractivity contribution is 0.953. The maximum absolute atomic E-state index is 6.04. The molecule has 2 heterocycles. The topological polar surface area (TPSA) is 49.8 Å². The minimum Gasteiger partial charge on any atom is -0.354 e. The van der Waals surface area contributed by atoms with Gasteiger partial charge in [-0.1, -0.05) is 18.5 Å². The summed E-state index contributed by atoms with van der Waals surface area (Å²) in [5.74, 6) is 1.22. The van der Waals surface area contributed by atoms with Crippen LogP contribution in [0.2, 0.25) is 5.02 Å². The second-order valence-electron chi connectivity index (χ2n) is 3.45. The highest BCUT2D eigenvalue weighted by molar-refractivity contribution is 7.08. The number of nitrogens with zero attached hydrogens (tertiary/aromatic N) is 2. The fraction of sp³-hybridized carbons (Fsp3) is 0.273. The van der Waals surface area contributed by atoms with Gasteiger partial charge in [-0.05, 0) is 17.9 Å². The summed E-state index contributed by atoms with van der Waals surface area (Å²) in [7, 11) is 0. The molecule has 0 amide bonds. The second kappa shape index (κ2) is 5.84. The van der Waals surface area contributed by atoms with Gasteiger partial charge in [-0.15, -0.1) is 0 Å². The van der Waals surface area contributed by atoms with Crippen LogP contribution in [0.3, 0.4) is 0 Å². The summed E-state index contributed by atoms with van der Waals surface area (Å²) in [6.07, 6.45) is 2.63. The van der Waals surface area contributed by atoms with E-state index < -0.39 is 0 Å². The summed E-state index contributed by atoms with van der Waals surface area (Å²) in [5, 5.41) is 10.8. The SMILES string of the molecule is CCCNc1ncc(Cl)c(Nc2ccsc2)n1. The third kappa shape index (κ3) is 3.31. The van der Waals surface area contributed by atoms with E-state index in [0.29, 0.717) is 16.8 Å². The van der Waals surface area contributed by atoms with Crippen LogP contribution in [0.1, 0.15) is 13.3 Å². The van der Waals surface area contributed by atoms with E-state index in [-0.39, 0.29) is 0 Å². The monoisotopic (exact) mass is 268 g/mol. The lowest BCUT2D eigenvalue weighted by Gasteiger charge is -2.08. The molecule has 2 aromatic heterocycles. The molecule has 0 atom stereocenters. The Bertz CT molecular complexity index is 472. The smallest absolute Gasteiger partial charge is 0.224 e. The van der Waals surface area contributed by atoms with Crippen molar-refractivity contribution in [3.63, 3.8) is 0 Å². The van der Waals surface area contributed by atoms with Crippen molar-refractivity contribution in [3.05, 3.63) is 28.0 Å². The van der Waals surface area contributed by atoms with E-state index in [1.165, 1.54) is 0 Å². The van der Waals surface area contributed by atoms with Gasteiger partial charge in [-0.25, -0.2) is 4.98 Å². The Labute approximate surface area is 109 Å². The molecule has 0 radical (unpaired) electrons. The van der Waals surface area contributed by atoms with E-state index in [9.17, 15) is 0 Å². The summed E-state index contributed by atoms with van der Waals surface area (Å²) in [6.45, 7) is 2.94. The van der Waals surface area contributed by atoms with Crippen LogP contribution in [-0.2, 0) is 0 Å². The zero-order chi connectivity index (χ0) is 12.1. The third-order valence-corrected chi connectivity index (χ3v) is 3.02. The molecule has 17 heavy (non-hydrogen) atoms. The molecule has 0 bridgehead atoms. The van der Waals surface area contributed by atoms with Crippen molar-refractivity contribution in [1.82, 2.24) is 9.97 Å². The van der Waals surface area contributed by atoms with E-state index >= 15 is 0 Å². The number of hydrogen-bond donors (Lipinski definition) is 2.